The van der Waals surface area contributed by atoms with Crippen molar-refractivity contribution in [3.05, 3.63) is 53.8 Å². The van der Waals surface area contributed by atoms with Gasteiger partial charge in [0.2, 0.25) is 0 Å². The Labute approximate surface area is 206 Å². The zero-order valence-corrected chi connectivity index (χ0v) is 21.1. The molecule has 0 saturated carbocycles. The summed E-state index contributed by atoms with van der Waals surface area (Å²) in [7, 11) is 3.22. The molecule has 3 rings (SSSR count). The molecule has 1 heterocycles. The molecule has 1 saturated heterocycles. The quantitative estimate of drug-likeness (QED) is 0.291. The summed E-state index contributed by atoms with van der Waals surface area (Å²) in [6.45, 7) is 6.27. The van der Waals surface area contributed by atoms with Gasteiger partial charge in [0.1, 0.15) is 5.82 Å². The molecule has 0 radical (unpaired) electrons. The highest BCUT2D eigenvalue weighted by Gasteiger charge is 2.22. The Morgan fingerprint density at radius 2 is 1.78 bits per heavy atom. The number of aliphatic imine (C=N–C) groups is 1. The third kappa shape index (κ3) is 7.21. The Balaban J connectivity index is 0.00000363. The molecule has 2 aromatic rings. The van der Waals surface area contributed by atoms with Gasteiger partial charge in [-0.05, 0) is 36.8 Å². The smallest absolute Gasteiger partial charge is 0.195 e. The van der Waals surface area contributed by atoms with Crippen LogP contribution in [0, 0.1) is 5.82 Å². The standard InChI is InChI=1S/C23H31FN4O3.HI/c1-4-25-23(27-19-9-10-21(29-2)22(15-19)30-3)26-16-20(28-11-13-31-14-12-28)17-5-7-18(24)8-6-17;/h5-10,15,20H,4,11-14,16H2,1-3H3,(H2,25,26,27);1H. The number of ether oxygens (including phenoxy) is 3. The molecule has 1 aliphatic rings. The van der Waals surface area contributed by atoms with Crippen LogP contribution in [0.3, 0.4) is 0 Å². The van der Waals surface area contributed by atoms with Crippen LogP contribution in [-0.2, 0) is 4.74 Å². The van der Waals surface area contributed by atoms with Crippen LogP contribution >= 0.6 is 24.0 Å². The topological polar surface area (TPSA) is 67.4 Å². The van der Waals surface area contributed by atoms with Crippen LogP contribution in [0.5, 0.6) is 11.5 Å². The van der Waals surface area contributed by atoms with E-state index in [0.29, 0.717) is 37.2 Å². The lowest BCUT2D eigenvalue weighted by Gasteiger charge is -2.34. The molecule has 2 N–H and O–H groups in total. The minimum atomic E-state index is -0.239. The largest absolute Gasteiger partial charge is 0.493 e. The van der Waals surface area contributed by atoms with E-state index in [1.54, 1.807) is 14.2 Å². The van der Waals surface area contributed by atoms with E-state index < -0.39 is 0 Å². The molecule has 32 heavy (non-hydrogen) atoms. The van der Waals surface area contributed by atoms with Gasteiger partial charge in [0.15, 0.2) is 17.5 Å². The van der Waals surface area contributed by atoms with Gasteiger partial charge in [-0.15, -0.1) is 24.0 Å². The minimum Gasteiger partial charge on any atom is -0.493 e. The SMILES string of the molecule is CCNC(=NCC(c1ccc(F)cc1)N1CCOCC1)Nc1ccc(OC)c(OC)c1.I. The van der Waals surface area contributed by atoms with Crippen LogP contribution in [0.15, 0.2) is 47.5 Å². The number of nitrogens with one attached hydrogen (secondary N) is 2. The zero-order chi connectivity index (χ0) is 22.1. The van der Waals surface area contributed by atoms with Crippen LogP contribution in [0.25, 0.3) is 0 Å². The molecular formula is C23H32FIN4O3. The van der Waals surface area contributed by atoms with E-state index in [4.69, 9.17) is 19.2 Å². The molecule has 0 aromatic heterocycles. The summed E-state index contributed by atoms with van der Waals surface area (Å²) in [5.74, 6) is 1.73. The number of guanidine groups is 1. The Morgan fingerprint density at radius 3 is 2.41 bits per heavy atom. The highest BCUT2D eigenvalue weighted by Crippen LogP contribution is 2.29. The number of morpholine rings is 1. The maximum absolute atomic E-state index is 13.5. The van der Waals surface area contributed by atoms with Crippen molar-refractivity contribution in [1.82, 2.24) is 10.2 Å². The average Bonchev–Trinajstić information content (AvgIpc) is 2.81. The van der Waals surface area contributed by atoms with Crippen LogP contribution in [0.2, 0.25) is 0 Å². The Bertz CT molecular complexity index is 861. The van der Waals surface area contributed by atoms with Gasteiger partial charge in [-0.1, -0.05) is 12.1 Å². The highest BCUT2D eigenvalue weighted by molar-refractivity contribution is 14.0. The molecule has 7 nitrogen and oxygen atoms in total. The number of nitrogens with zero attached hydrogens (tertiary/aromatic N) is 2. The number of rotatable bonds is 8. The minimum absolute atomic E-state index is 0. The predicted molar refractivity (Wildman–Crippen MR) is 136 cm³/mol. The molecule has 1 aliphatic heterocycles. The summed E-state index contributed by atoms with van der Waals surface area (Å²) in [6, 6.07) is 12.3. The van der Waals surface area contributed by atoms with Gasteiger partial charge in [-0.2, -0.15) is 0 Å². The van der Waals surface area contributed by atoms with E-state index in [0.717, 1.165) is 30.9 Å². The van der Waals surface area contributed by atoms with Gasteiger partial charge < -0.3 is 24.8 Å². The molecular weight excluding hydrogens is 526 g/mol. The van der Waals surface area contributed by atoms with Crippen LogP contribution < -0.4 is 20.1 Å². The summed E-state index contributed by atoms with van der Waals surface area (Å²) in [5, 5.41) is 6.60. The van der Waals surface area contributed by atoms with Gasteiger partial charge >= 0.3 is 0 Å². The molecule has 1 unspecified atom stereocenters. The van der Waals surface area contributed by atoms with E-state index >= 15 is 0 Å². The molecule has 2 aromatic carbocycles. The maximum Gasteiger partial charge on any atom is 0.195 e. The average molecular weight is 558 g/mol. The second-order valence-corrected chi connectivity index (χ2v) is 7.13. The Morgan fingerprint density at radius 1 is 1.09 bits per heavy atom. The van der Waals surface area contributed by atoms with Gasteiger partial charge in [-0.25, -0.2) is 4.39 Å². The van der Waals surface area contributed by atoms with E-state index in [2.05, 4.69) is 15.5 Å². The van der Waals surface area contributed by atoms with Gasteiger partial charge in [0.05, 0.1) is 40.0 Å². The van der Waals surface area contributed by atoms with E-state index in [9.17, 15) is 4.39 Å². The summed E-state index contributed by atoms with van der Waals surface area (Å²) >= 11 is 0. The van der Waals surface area contributed by atoms with Crippen molar-refractivity contribution in [2.24, 2.45) is 4.99 Å². The monoisotopic (exact) mass is 558 g/mol. The van der Waals surface area contributed by atoms with E-state index in [-0.39, 0.29) is 35.8 Å². The van der Waals surface area contributed by atoms with Crippen molar-refractivity contribution >= 4 is 35.6 Å². The van der Waals surface area contributed by atoms with Crippen molar-refractivity contribution < 1.29 is 18.6 Å². The number of anilines is 1. The van der Waals surface area contributed by atoms with Gasteiger partial charge in [-0.3, -0.25) is 9.89 Å². The molecule has 0 aliphatic carbocycles. The molecule has 0 amide bonds. The first-order chi connectivity index (χ1) is 15.1. The van der Waals surface area contributed by atoms with Crippen molar-refractivity contribution in [2.45, 2.75) is 13.0 Å². The summed E-state index contributed by atoms with van der Waals surface area (Å²) in [6.07, 6.45) is 0. The molecule has 1 fully saturated rings. The first-order valence-electron chi connectivity index (χ1n) is 10.5. The Kier molecular flexibility index (Phi) is 11.0. The lowest BCUT2D eigenvalue weighted by atomic mass is 10.0. The molecule has 176 valence electrons. The second-order valence-electron chi connectivity index (χ2n) is 7.13. The molecule has 1 atom stereocenters. The highest BCUT2D eigenvalue weighted by atomic mass is 127. The van der Waals surface area contributed by atoms with Crippen molar-refractivity contribution in [3.8, 4) is 11.5 Å². The Hall–Kier alpha value is -2.11. The zero-order valence-electron chi connectivity index (χ0n) is 18.8. The van der Waals surface area contributed by atoms with Gasteiger partial charge in [0, 0.05) is 31.4 Å². The summed E-state index contributed by atoms with van der Waals surface area (Å²) in [5.41, 5.74) is 1.87. The van der Waals surface area contributed by atoms with Crippen molar-refractivity contribution in [3.63, 3.8) is 0 Å². The number of hydrogen-bond acceptors (Lipinski definition) is 5. The summed E-state index contributed by atoms with van der Waals surface area (Å²) < 4.78 is 29.7. The van der Waals surface area contributed by atoms with Gasteiger partial charge in [0.25, 0.3) is 0 Å². The first-order valence-corrected chi connectivity index (χ1v) is 10.5. The number of hydrogen-bond donors (Lipinski definition) is 2. The van der Waals surface area contributed by atoms with Crippen LogP contribution in [-0.4, -0.2) is 64.5 Å². The number of halogens is 2. The molecule has 9 heteroatoms. The summed E-state index contributed by atoms with van der Waals surface area (Å²) in [4.78, 5) is 7.16. The molecule has 0 bridgehead atoms. The lowest BCUT2D eigenvalue weighted by molar-refractivity contribution is 0.0180. The fourth-order valence-corrected chi connectivity index (χ4v) is 3.54. The second kappa shape index (κ2) is 13.4. The third-order valence-electron chi connectivity index (χ3n) is 5.15. The van der Waals surface area contributed by atoms with Crippen molar-refractivity contribution in [2.75, 3.05) is 58.9 Å². The van der Waals surface area contributed by atoms with E-state index in [1.807, 2.05) is 37.3 Å². The number of benzene rings is 2. The first kappa shape index (κ1) is 26.1. The van der Waals surface area contributed by atoms with Crippen LogP contribution in [0.1, 0.15) is 18.5 Å². The van der Waals surface area contributed by atoms with E-state index in [1.165, 1.54) is 12.1 Å². The maximum atomic E-state index is 13.5. The fourth-order valence-electron chi connectivity index (χ4n) is 3.54. The fraction of sp³-hybridized carbons (Fsp3) is 0.435. The lowest BCUT2D eigenvalue weighted by Crippen LogP contribution is -2.41. The van der Waals surface area contributed by atoms with Crippen LogP contribution in [0.4, 0.5) is 10.1 Å². The normalized spacial score (nSPS) is 15.4. The third-order valence-corrected chi connectivity index (χ3v) is 5.15. The number of methoxy groups -OCH3 is 2. The predicted octanol–water partition coefficient (Wildman–Crippen LogP) is 3.91. The molecule has 0 spiro atoms. The van der Waals surface area contributed by atoms with Crippen molar-refractivity contribution in [1.29, 1.82) is 0 Å².